The molecule has 0 bridgehead atoms. The monoisotopic (exact) mass is 347 g/mol. The average Bonchev–Trinajstić information content (AvgIpc) is 3.04. The first-order valence-electron chi connectivity index (χ1n) is 8.87. The highest BCUT2D eigenvalue weighted by Crippen LogP contribution is 2.27. The molecule has 0 saturated carbocycles. The van der Waals surface area contributed by atoms with Crippen molar-refractivity contribution < 1.29 is 9.84 Å². The van der Waals surface area contributed by atoms with Crippen LogP contribution in [0.5, 0.6) is 0 Å². The van der Waals surface area contributed by atoms with Crippen molar-refractivity contribution in [3.05, 3.63) is 6.20 Å². The van der Waals surface area contributed by atoms with Gasteiger partial charge in [0.1, 0.15) is 5.82 Å². The number of aliphatic hydroxyl groups excluding tert-OH is 1. The van der Waals surface area contributed by atoms with Gasteiger partial charge in [-0.05, 0) is 0 Å². The SMILES string of the molecule is Cn1ncc2c(N3CCOCC3)nc(N3CCN(CCO)CC3)nc21. The molecule has 0 aromatic carbocycles. The normalized spacial score (nSPS) is 19.8. The second kappa shape index (κ2) is 7.11. The number of hydrogen-bond donors (Lipinski definition) is 1. The van der Waals surface area contributed by atoms with Crippen LogP contribution >= 0.6 is 0 Å². The molecular weight excluding hydrogens is 322 g/mol. The third-order valence-corrected chi connectivity index (χ3v) is 4.94. The maximum atomic E-state index is 9.10. The van der Waals surface area contributed by atoms with Crippen molar-refractivity contribution in [2.24, 2.45) is 7.05 Å². The molecule has 0 unspecified atom stereocenters. The van der Waals surface area contributed by atoms with E-state index in [9.17, 15) is 0 Å². The third-order valence-electron chi connectivity index (χ3n) is 4.94. The number of fused-ring (bicyclic) bond motifs is 1. The largest absolute Gasteiger partial charge is 0.395 e. The quantitative estimate of drug-likeness (QED) is 0.779. The molecular formula is C16H25N7O2. The molecule has 9 nitrogen and oxygen atoms in total. The Labute approximate surface area is 146 Å². The molecule has 2 fully saturated rings. The molecule has 4 rings (SSSR count). The summed E-state index contributed by atoms with van der Waals surface area (Å²) < 4.78 is 7.29. The van der Waals surface area contributed by atoms with Gasteiger partial charge < -0.3 is 19.6 Å². The lowest BCUT2D eigenvalue weighted by molar-refractivity contribution is 0.122. The van der Waals surface area contributed by atoms with Gasteiger partial charge in [-0.25, -0.2) is 0 Å². The Bertz CT molecular complexity index is 721. The lowest BCUT2D eigenvalue weighted by Gasteiger charge is -2.35. The van der Waals surface area contributed by atoms with Crippen LogP contribution in [0.1, 0.15) is 0 Å². The van der Waals surface area contributed by atoms with Crippen molar-refractivity contribution in [3.63, 3.8) is 0 Å². The highest BCUT2D eigenvalue weighted by Gasteiger charge is 2.23. The molecule has 0 amide bonds. The fraction of sp³-hybridized carbons (Fsp3) is 0.688. The van der Waals surface area contributed by atoms with Crippen LogP contribution in [0.3, 0.4) is 0 Å². The standard InChI is InChI=1S/C16H25N7O2/c1-20-14-13(12-17-20)15(22-7-10-25-11-8-22)19-16(18-14)23-4-2-21(3-5-23)6-9-24/h12,24H,2-11H2,1H3. The summed E-state index contributed by atoms with van der Waals surface area (Å²) in [4.78, 5) is 16.4. The number of aromatic nitrogens is 4. The number of hydrogen-bond acceptors (Lipinski definition) is 8. The first-order valence-corrected chi connectivity index (χ1v) is 8.87. The van der Waals surface area contributed by atoms with Crippen molar-refractivity contribution >= 4 is 22.8 Å². The first-order chi connectivity index (χ1) is 12.3. The van der Waals surface area contributed by atoms with Crippen LogP contribution in [-0.4, -0.2) is 95.4 Å². The summed E-state index contributed by atoms with van der Waals surface area (Å²) in [6, 6.07) is 0. The molecule has 2 saturated heterocycles. The van der Waals surface area contributed by atoms with Crippen LogP contribution in [0, 0.1) is 0 Å². The van der Waals surface area contributed by atoms with E-state index in [2.05, 4.69) is 19.8 Å². The zero-order valence-corrected chi connectivity index (χ0v) is 14.6. The Morgan fingerprint density at radius 3 is 2.52 bits per heavy atom. The minimum atomic E-state index is 0.207. The maximum absolute atomic E-state index is 9.10. The number of β-amino-alcohol motifs (C(OH)–C–C–N with tert-alkyl or cyclic N) is 1. The predicted molar refractivity (Wildman–Crippen MR) is 95.1 cm³/mol. The molecule has 2 aromatic rings. The molecule has 2 aliphatic heterocycles. The summed E-state index contributed by atoms with van der Waals surface area (Å²) in [6.45, 7) is 7.63. The molecule has 4 heterocycles. The van der Waals surface area contributed by atoms with Crippen LogP contribution in [0.4, 0.5) is 11.8 Å². The van der Waals surface area contributed by atoms with Crippen LogP contribution in [0.25, 0.3) is 11.0 Å². The average molecular weight is 347 g/mol. The molecule has 0 spiro atoms. The lowest BCUT2D eigenvalue weighted by Crippen LogP contribution is -2.48. The predicted octanol–water partition coefficient (Wildman–Crippen LogP) is -0.686. The zero-order chi connectivity index (χ0) is 17.2. The number of piperazine rings is 1. The summed E-state index contributed by atoms with van der Waals surface area (Å²) in [6.07, 6.45) is 1.85. The molecule has 0 atom stereocenters. The number of aryl methyl sites for hydroxylation is 1. The van der Waals surface area contributed by atoms with E-state index >= 15 is 0 Å². The van der Waals surface area contributed by atoms with Gasteiger partial charge in [0.2, 0.25) is 5.95 Å². The van der Waals surface area contributed by atoms with Gasteiger partial charge in [-0.3, -0.25) is 9.58 Å². The van der Waals surface area contributed by atoms with E-state index < -0.39 is 0 Å². The van der Waals surface area contributed by atoms with Crippen molar-refractivity contribution in [2.75, 3.05) is 75.4 Å². The summed E-state index contributed by atoms with van der Waals surface area (Å²) in [5.74, 6) is 1.72. The number of aliphatic hydroxyl groups is 1. The number of nitrogens with zero attached hydrogens (tertiary/aromatic N) is 7. The van der Waals surface area contributed by atoms with Gasteiger partial charge in [0, 0.05) is 52.9 Å². The fourth-order valence-electron chi connectivity index (χ4n) is 3.47. The van der Waals surface area contributed by atoms with Gasteiger partial charge in [0.25, 0.3) is 0 Å². The van der Waals surface area contributed by atoms with E-state index in [1.807, 2.05) is 17.9 Å². The Balaban J connectivity index is 1.64. The van der Waals surface area contributed by atoms with Crippen LogP contribution in [0.2, 0.25) is 0 Å². The van der Waals surface area contributed by atoms with Gasteiger partial charge in [-0.1, -0.05) is 0 Å². The topological polar surface area (TPSA) is 82.8 Å². The Morgan fingerprint density at radius 2 is 1.80 bits per heavy atom. The molecule has 0 radical (unpaired) electrons. The van der Waals surface area contributed by atoms with Gasteiger partial charge in [0.15, 0.2) is 5.65 Å². The Morgan fingerprint density at radius 1 is 1.04 bits per heavy atom. The summed E-state index contributed by atoms with van der Waals surface area (Å²) in [5.41, 5.74) is 0.865. The molecule has 0 aliphatic carbocycles. The maximum Gasteiger partial charge on any atom is 0.229 e. The van der Waals surface area contributed by atoms with Crippen molar-refractivity contribution in [2.45, 2.75) is 0 Å². The zero-order valence-electron chi connectivity index (χ0n) is 14.6. The van der Waals surface area contributed by atoms with Gasteiger partial charge in [-0.2, -0.15) is 15.1 Å². The van der Waals surface area contributed by atoms with Crippen LogP contribution in [0.15, 0.2) is 6.20 Å². The van der Waals surface area contributed by atoms with E-state index in [-0.39, 0.29) is 6.61 Å². The van der Waals surface area contributed by atoms with E-state index in [0.29, 0.717) is 0 Å². The van der Waals surface area contributed by atoms with E-state index in [0.717, 1.165) is 81.8 Å². The van der Waals surface area contributed by atoms with Gasteiger partial charge in [-0.15, -0.1) is 0 Å². The molecule has 9 heteroatoms. The van der Waals surface area contributed by atoms with Crippen LogP contribution < -0.4 is 9.80 Å². The van der Waals surface area contributed by atoms with Crippen LogP contribution in [-0.2, 0) is 11.8 Å². The first kappa shape index (κ1) is 16.5. The van der Waals surface area contributed by atoms with E-state index in [1.54, 1.807) is 0 Å². The number of anilines is 2. The minimum absolute atomic E-state index is 0.207. The molecule has 136 valence electrons. The van der Waals surface area contributed by atoms with E-state index in [4.69, 9.17) is 19.8 Å². The smallest absolute Gasteiger partial charge is 0.229 e. The Kier molecular flexibility index (Phi) is 4.69. The van der Waals surface area contributed by atoms with Gasteiger partial charge >= 0.3 is 0 Å². The highest BCUT2D eigenvalue weighted by atomic mass is 16.5. The second-order valence-corrected chi connectivity index (χ2v) is 6.50. The molecule has 2 aliphatic rings. The molecule has 1 N–H and O–H groups in total. The number of ether oxygens (including phenoxy) is 1. The summed E-state index contributed by atoms with van der Waals surface area (Å²) >= 11 is 0. The summed E-state index contributed by atoms with van der Waals surface area (Å²) in [5, 5.41) is 14.5. The van der Waals surface area contributed by atoms with E-state index in [1.165, 1.54) is 0 Å². The van der Waals surface area contributed by atoms with Gasteiger partial charge in [0.05, 0.1) is 31.4 Å². The molecule has 25 heavy (non-hydrogen) atoms. The summed E-state index contributed by atoms with van der Waals surface area (Å²) in [7, 11) is 1.92. The molecule has 2 aromatic heterocycles. The third kappa shape index (κ3) is 3.26. The number of morpholine rings is 1. The second-order valence-electron chi connectivity index (χ2n) is 6.50. The highest BCUT2D eigenvalue weighted by molar-refractivity contribution is 5.88. The lowest BCUT2D eigenvalue weighted by atomic mass is 10.3. The van der Waals surface area contributed by atoms with Crippen molar-refractivity contribution in [3.8, 4) is 0 Å². The Hall–Kier alpha value is -1.97. The minimum Gasteiger partial charge on any atom is -0.395 e. The number of rotatable bonds is 4. The van der Waals surface area contributed by atoms with Crippen molar-refractivity contribution in [1.82, 2.24) is 24.6 Å². The fourth-order valence-corrected chi connectivity index (χ4v) is 3.47. The van der Waals surface area contributed by atoms with Crippen molar-refractivity contribution in [1.29, 1.82) is 0 Å².